The highest BCUT2D eigenvalue weighted by molar-refractivity contribution is 7.90. The molecule has 0 fully saturated rings. The molecule has 0 atom stereocenters. The van der Waals surface area contributed by atoms with Crippen molar-refractivity contribution >= 4 is 15.8 Å². The van der Waals surface area contributed by atoms with Crippen molar-refractivity contribution in [3.05, 3.63) is 42.1 Å². The molecule has 0 saturated heterocycles. The van der Waals surface area contributed by atoms with Gasteiger partial charge < -0.3 is 14.9 Å². The van der Waals surface area contributed by atoms with Gasteiger partial charge in [-0.1, -0.05) is 0 Å². The van der Waals surface area contributed by atoms with Gasteiger partial charge >= 0.3 is 5.97 Å². The molecule has 0 saturated carbocycles. The van der Waals surface area contributed by atoms with E-state index < -0.39 is 15.8 Å². The lowest BCUT2D eigenvalue weighted by molar-refractivity contribution is 0.0693. The van der Waals surface area contributed by atoms with Crippen molar-refractivity contribution in [2.45, 2.75) is 5.03 Å². The monoisotopic (exact) mass is 309 g/mol. The van der Waals surface area contributed by atoms with Crippen molar-refractivity contribution in [3.8, 4) is 17.2 Å². The fourth-order valence-corrected chi connectivity index (χ4v) is 2.09. The van der Waals surface area contributed by atoms with Gasteiger partial charge in [-0.2, -0.15) is 0 Å². The molecule has 21 heavy (non-hydrogen) atoms. The van der Waals surface area contributed by atoms with Crippen molar-refractivity contribution in [1.29, 1.82) is 0 Å². The van der Waals surface area contributed by atoms with Gasteiger partial charge in [-0.25, -0.2) is 18.2 Å². The van der Waals surface area contributed by atoms with Crippen molar-refractivity contribution in [3.63, 3.8) is 0 Å². The number of benzene rings is 1. The maximum atomic E-state index is 11.3. The number of carbonyl (C=O) groups is 1. The van der Waals surface area contributed by atoms with Crippen LogP contribution in [0.5, 0.6) is 17.2 Å². The highest BCUT2D eigenvalue weighted by Crippen LogP contribution is 2.27. The average molecular weight is 309 g/mol. The van der Waals surface area contributed by atoms with Crippen LogP contribution < -0.4 is 4.74 Å². The number of hydrogen-bond donors (Lipinski definition) is 2. The van der Waals surface area contributed by atoms with E-state index in [9.17, 15) is 18.3 Å². The Labute approximate surface area is 120 Å². The minimum absolute atomic E-state index is 0.0909. The fraction of sp³-hybridized carbons (Fsp3) is 0.0769. The normalized spacial score (nSPS) is 11.1. The number of carboxylic acids is 1. The summed E-state index contributed by atoms with van der Waals surface area (Å²) in [5.74, 6) is -1.24. The fourth-order valence-electron chi connectivity index (χ4n) is 1.53. The quantitative estimate of drug-likeness (QED) is 0.883. The first-order valence-electron chi connectivity index (χ1n) is 5.67. The summed E-state index contributed by atoms with van der Waals surface area (Å²) in [5.41, 5.74) is -0.298. The van der Waals surface area contributed by atoms with Crippen molar-refractivity contribution < 1.29 is 28.2 Å². The minimum Gasteiger partial charge on any atom is -0.507 e. The molecule has 0 radical (unpaired) electrons. The standard InChI is InChI=1S/C13H11NO6S/c1-21(18,19)12-5-3-9(7-14-12)20-8-2-4-11(15)10(6-8)13(16)17/h2-7,15H,1H3,(H,16,17). The Bertz CT molecular complexity index is 783. The van der Waals surface area contributed by atoms with Gasteiger partial charge in [0.15, 0.2) is 14.9 Å². The van der Waals surface area contributed by atoms with E-state index in [-0.39, 0.29) is 27.8 Å². The molecule has 7 nitrogen and oxygen atoms in total. The highest BCUT2D eigenvalue weighted by Gasteiger charge is 2.12. The van der Waals surface area contributed by atoms with Gasteiger partial charge in [0.25, 0.3) is 0 Å². The molecule has 0 aliphatic heterocycles. The van der Waals surface area contributed by atoms with Crippen LogP contribution in [-0.4, -0.2) is 35.8 Å². The number of aromatic carboxylic acids is 1. The molecule has 1 aromatic heterocycles. The molecule has 2 rings (SSSR count). The molecule has 8 heteroatoms. The number of carboxylic acid groups (broad SMARTS) is 1. The summed E-state index contributed by atoms with van der Waals surface area (Å²) in [7, 11) is -3.39. The van der Waals surface area contributed by atoms with Crippen LogP contribution in [0.3, 0.4) is 0 Å². The van der Waals surface area contributed by atoms with E-state index in [0.717, 1.165) is 12.3 Å². The lowest BCUT2D eigenvalue weighted by atomic mass is 10.2. The summed E-state index contributed by atoms with van der Waals surface area (Å²) < 4.78 is 27.9. The van der Waals surface area contributed by atoms with E-state index in [0.29, 0.717) is 0 Å². The third-order valence-electron chi connectivity index (χ3n) is 2.52. The van der Waals surface area contributed by atoms with Crippen LogP contribution in [0.2, 0.25) is 0 Å². The summed E-state index contributed by atoms with van der Waals surface area (Å²) in [6.45, 7) is 0. The number of nitrogens with zero attached hydrogens (tertiary/aromatic N) is 1. The van der Waals surface area contributed by atoms with Crippen LogP contribution >= 0.6 is 0 Å². The van der Waals surface area contributed by atoms with Crippen LogP contribution in [0.4, 0.5) is 0 Å². The molecule has 0 aliphatic rings. The Kier molecular flexibility index (Phi) is 3.81. The van der Waals surface area contributed by atoms with E-state index in [1.54, 1.807) is 0 Å². The van der Waals surface area contributed by atoms with Gasteiger partial charge in [-0.3, -0.25) is 0 Å². The molecular formula is C13H11NO6S. The molecule has 2 N–H and O–H groups in total. The van der Waals surface area contributed by atoms with E-state index in [1.807, 2.05) is 0 Å². The first kappa shape index (κ1) is 14.8. The second-order valence-corrected chi connectivity index (χ2v) is 6.15. The van der Waals surface area contributed by atoms with E-state index in [4.69, 9.17) is 9.84 Å². The average Bonchev–Trinajstić information content (AvgIpc) is 2.40. The van der Waals surface area contributed by atoms with Gasteiger partial charge in [0.2, 0.25) is 0 Å². The van der Waals surface area contributed by atoms with Crippen molar-refractivity contribution in [2.24, 2.45) is 0 Å². The van der Waals surface area contributed by atoms with Gasteiger partial charge in [0.1, 0.15) is 22.8 Å². The Morgan fingerprint density at radius 3 is 2.38 bits per heavy atom. The number of phenols is 1. The molecule has 2 aromatic rings. The summed E-state index contributed by atoms with van der Waals surface area (Å²) in [4.78, 5) is 14.6. The Morgan fingerprint density at radius 2 is 1.86 bits per heavy atom. The van der Waals surface area contributed by atoms with Gasteiger partial charge in [-0.15, -0.1) is 0 Å². The van der Waals surface area contributed by atoms with Gasteiger partial charge in [0, 0.05) is 6.26 Å². The summed E-state index contributed by atoms with van der Waals surface area (Å²) in [5, 5.41) is 18.2. The number of aromatic hydroxyl groups is 1. The van der Waals surface area contributed by atoms with Crippen LogP contribution in [0.25, 0.3) is 0 Å². The Hall–Kier alpha value is -2.61. The maximum Gasteiger partial charge on any atom is 0.339 e. The van der Waals surface area contributed by atoms with Crippen molar-refractivity contribution in [1.82, 2.24) is 4.98 Å². The molecule has 1 heterocycles. The molecule has 0 bridgehead atoms. The number of pyridine rings is 1. The summed E-state index contributed by atoms with van der Waals surface area (Å²) in [6, 6.07) is 6.41. The lowest BCUT2D eigenvalue weighted by Gasteiger charge is -2.07. The minimum atomic E-state index is -3.39. The number of sulfone groups is 1. The Balaban J connectivity index is 2.26. The van der Waals surface area contributed by atoms with Gasteiger partial charge in [0.05, 0.1) is 6.20 Å². The number of aromatic nitrogens is 1. The number of hydrogen-bond acceptors (Lipinski definition) is 6. The third kappa shape index (κ3) is 3.48. The van der Waals surface area contributed by atoms with Crippen LogP contribution in [0, 0.1) is 0 Å². The predicted molar refractivity (Wildman–Crippen MR) is 72.5 cm³/mol. The zero-order chi connectivity index (χ0) is 15.6. The zero-order valence-electron chi connectivity index (χ0n) is 10.8. The predicted octanol–water partition coefficient (Wildman–Crippen LogP) is 1.68. The Morgan fingerprint density at radius 1 is 1.19 bits per heavy atom. The molecule has 110 valence electrons. The van der Waals surface area contributed by atoms with Crippen molar-refractivity contribution in [2.75, 3.05) is 6.26 Å². The lowest BCUT2D eigenvalue weighted by Crippen LogP contribution is -2.00. The second-order valence-electron chi connectivity index (χ2n) is 4.19. The topological polar surface area (TPSA) is 114 Å². The number of ether oxygens (including phenoxy) is 1. The van der Waals surface area contributed by atoms with Crippen LogP contribution in [0.1, 0.15) is 10.4 Å². The van der Waals surface area contributed by atoms with Crippen LogP contribution in [-0.2, 0) is 9.84 Å². The molecule has 0 spiro atoms. The smallest absolute Gasteiger partial charge is 0.339 e. The first-order valence-corrected chi connectivity index (χ1v) is 7.57. The van der Waals surface area contributed by atoms with E-state index in [1.165, 1.54) is 30.5 Å². The molecule has 0 unspecified atom stereocenters. The first-order chi connectivity index (χ1) is 9.77. The molecule has 0 aliphatic carbocycles. The largest absolute Gasteiger partial charge is 0.507 e. The zero-order valence-corrected chi connectivity index (χ0v) is 11.7. The van der Waals surface area contributed by atoms with Crippen LogP contribution in [0.15, 0.2) is 41.6 Å². The van der Waals surface area contributed by atoms with E-state index in [2.05, 4.69) is 4.98 Å². The number of rotatable bonds is 4. The summed E-state index contributed by atoms with van der Waals surface area (Å²) >= 11 is 0. The second kappa shape index (κ2) is 5.41. The third-order valence-corrected chi connectivity index (χ3v) is 3.52. The van der Waals surface area contributed by atoms with Gasteiger partial charge in [-0.05, 0) is 30.3 Å². The summed E-state index contributed by atoms with van der Waals surface area (Å²) in [6.07, 6.45) is 2.25. The van der Waals surface area contributed by atoms with E-state index >= 15 is 0 Å². The molecule has 0 amide bonds. The molecular weight excluding hydrogens is 298 g/mol. The SMILES string of the molecule is CS(=O)(=O)c1ccc(Oc2ccc(O)c(C(=O)O)c2)cn1. The molecule has 1 aromatic carbocycles. The highest BCUT2D eigenvalue weighted by atomic mass is 32.2. The maximum absolute atomic E-state index is 11.3.